The number of aliphatic hydroxyl groups is 1. The van der Waals surface area contributed by atoms with E-state index in [0.29, 0.717) is 12.8 Å². The van der Waals surface area contributed by atoms with E-state index in [0.717, 1.165) is 39.3 Å². The molecule has 1 saturated heterocycles. The van der Waals surface area contributed by atoms with Crippen LogP contribution in [-0.2, 0) is 33.7 Å². The van der Waals surface area contributed by atoms with Crippen molar-refractivity contribution in [3.63, 3.8) is 0 Å². The summed E-state index contributed by atoms with van der Waals surface area (Å²) in [6.45, 7) is 14.4. The molecule has 5 rings (SSSR count). The molecule has 2 aromatic carbocycles. The number of rotatable bonds is 18. The van der Waals surface area contributed by atoms with Crippen LogP contribution in [-0.4, -0.2) is 88.3 Å². The van der Waals surface area contributed by atoms with Crippen molar-refractivity contribution in [3.8, 4) is 11.3 Å². The molecule has 0 radical (unpaired) electrons. The van der Waals surface area contributed by atoms with Crippen LogP contribution in [0, 0.1) is 30.6 Å². The molecule has 0 bridgehead atoms. The van der Waals surface area contributed by atoms with Gasteiger partial charge in [-0.1, -0.05) is 101 Å². The second-order valence-electron chi connectivity index (χ2n) is 18.2. The topological polar surface area (TPSA) is 175 Å². The molecular formula is C48H63N7O6. The van der Waals surface area contributed by atoms with E-state index in [2.05, 4.69) is 31.2 Å². The maximum atomic E-state index is 14.7. The van der Waals surface area contributed by atoms with Crippen LogP contribution in [0.5, 0.6) is 0 Å². The largest absolute Gasteiger partial charge is 0.453 e. The highest BCUT2D eigenvalue weighted by atomic mass is 16.5. The number of methoxy groups -OCH3 is 1. The fourth-order valence-corrected chi connectivity index (χ4v) is 8.02. The van der Waals surface area contributed by atoms with Gasteiger partial charge in [0.05, 0.1) is 49.1 Å². The minimum absolute atomic E-state index is 0.0990. The summed E-state index contributed by atoms with van der Waals surface area (Å²) in [6.07, 6.45) is 1.12. The third-order valence-electron chi connectivity index (χ3n) is 11.2. The maximum Gasteiger partial charge on any atom is 0.406 e. The van der Waals surface area contributed by atoms with Gasteiger partial charge < -0.3 is 36.0 Å². The Kier molecular flexibility index (Phi) is 15.6. The number of hydrogen-bond donors (Lipinski definition) is 5. The first-order chi connectivity index (χ1) is 28.9. The molecule has 326 valence electrons. The minimum atomic E-state index is -1.09. The molecule has 5 atom stereocenters. The van der Waals surface area contributed by atoms with Gasteiger partial charge in [-0.15, -0.1) is 0 Å². The lowest BCUT2D eigenvalue weighted by atomic mass is 9.75. The summed E-state index contributed by atoms with van der Waals surface area (Å²) < 4.78 is 4.72. The van der Waals surface area contributed by atoms with E-state index >= 15 is 0 Å². The van der Waals surface area contributed by atoms with Gasteiger partial charge in [-0.05, 0) is 78.8 Å². The van der Waals surface area contributed by atoms with Crippen molar-refractivity contribution in [2.24, 2.45) is 16.7 Å². The van der Waals surface area contributed by atoms with Crippen molar-refractivity contribution in [2.45, 2.75) is 105 Å². The van der Waals surface area contributed by atoms with Gasteiger partial charge in [-0.2, -0.15) is 0 Å². The highest BCUT2D eigenvalue weighted by Gasteiger charge is 2.46. The summed E-state index contributed by atoms with van der Waals surface area (Å²) in [4.78, 5) is 64.5. The molecule has 61 heavy (non-hydrogen) atoms. The zero-order chi connectivity index (χ0) is 44.3. The lowest BCUT2D eigenvalue weighted by Crippen LogP contribution is -2.56. The molecule has 0 aliphatic carbocycles. The zero-order valence-corrected chi connectivity index (χ0v) is 36.8. The van der Waals surface area contributed by atoms with Crippen LogP contribution in [0.3, 0.4) is 0 Å². The van der Waals surface area contributed by atoms with E-state index in [1.54, 1.807) is 4.90 Å². The fraction of sp³-hybridized carbons (Fsp3) is 0.458. The Morgan fingerprint density at radius 3 is 2.25 bits per heavy atom. The number of aryl methyl sites for hydroxylation is 2. The molecular weight excluding hydrogens is 771 g/mol. The normalized spacial score (nSPS) is 16.2. The number of nitrogens with zero attached hydrogens (tertiary/aromatic N) is 3. The minimum Gasteiger partial charge on any atom is -0.453 e. The van der Waals surface area contributed by atoms with Crippen LogP contribution in [0.2, 0.25) is 0 Å². The summed E-state index contributed by atoms with van der Waals surface area (Å²) in [6, 6.07) is 25.3. The van der Waals surface area contributed by atoms with E-state index in [1.165, 1.54) is 7.11 Å². The molecule has 5 unspecified atom stereocenters. The summed E-state index contributed by atoms with van der Waals surface area (Å²) in [5, 5.41) is 24.3. The van der Waals surface area contributed by atoms with Gasteiger partial charge in [-0.3, -0.25) is 19.6 Å². The average molecular weight is 834 g/mol. The summed E-state index contributed by atoms with van der Waals surface area (Å²) >= 11 is 0. The maximum absolute atomic E-state index is 14.7. The molecule has 0 spiro atoms. The third-order valence-corrected chi connectivity index (χ3v) is 11.2. The Morgan fingerprint density at radius 1 is 0.902 bits per heavy atom. The van der Waals surface area contributed by atoms with E-state index in [1.807, 2.05) is 140 Å². The number of urea groups is 1. The highest BCUT2D eigenvalue weighted by Crippen LogP contribution is 2.34. The lowest BCUT2D eigenvalue weighted by molar-refractivity contribution is -0.132. The number of amides is 5. The Hall–Kier alpha value is -5.82. The highest BCUT2D eigenvalue weighted by molar-refractivity contribution is 5.84. The quantitative estimate of drug-likeness (QED) is 0.0777. The van der Waals surface area contributed by atoms with Crippen molar-refractivity contribution < 1.29 is 29.0 Å². The predicted molar refractivity (Wildman–Crippen MR) is 236 cm³/mol. The summed E-state index contributed by atoms with van der Waals surface area (Å²) in [5.41, 5.74) is 5.12. The molecule has 13 heteroatoms. The first kappa shape index (κ1) is 46.2. The number of benzene rings is 2. The van der Waals surface area contributed by atoms with E-state index in [-0.39, 0.29) is 50.3 Å². The number of nitrogens with one attached hydrogen (secondary N) is 4. The molecule has 1 aliphatic rings. The molecule has 0 saturated carbocycles. The van der Waals surface area contributed by atoms with Crippen LogP contribution in [0.25, 0.3) is 11.3 Å². The molecule has 1 aliphatic heterocycles. The number of pyridine rings is 2. The van der Waals surface area contributed by atoms with Gasteiger partial charge in [0, 0.05) is 43.0 Å². The molecule has 5 N–H and O–H groups in total. The number of alkyl carbamates (subject to hydrolysis) is 1. The van der Waals surface area contributed by atoms with Gasteiger partial charge in [0.1, 0.15) is 0 Å². The number of aromatic nitrogens is 2. The third kappa shape index (κ3) is 13.6. The van der Waals surface area contributed by atoms with E-state index < -0.39 is 47.1 Å². The van der Waals surface area contributed by atoms with Crippen LogP contribution in [0.4, 0.5) is 9.59 Å². The van der Waals surface area contributed by atoms with Crippen molar-refractivity contribution in [1.29, 1.82) is 0 Å². The molecule has 3 heterocycles. The van der Waals surface area contributed by atoms with Crippen LogP contribution in [0.1, 0.15) is 75.5 Å². The second-order valence-corrected chi connectivity index (χ2v) is 18.2. The SMILES string of the molecule is COC(=O)NCC(C)(C)CC(=O)NC(Cc1ccc(-c2ccc(C)cn2)cc1)CC(O)C(Cc1ccccc1)NC(=O)C(C1CNC(=O)N1Cc1cccc(C)n1)C(C)(C)C. The number of carbonyl (C=O) groups is 4. The van der Waals surface area contributed by atoms with Crippen LogP contribution >= 0.6 is 0 Å². The monoisotopic (exact) mass is 833 g/mol. The van der Waals surface area contributed by atoms with Gasteiger partial charge in [0.15, 0.2) is 0 Å². The van der Waals surface area contributed by atoms with Gasteiger partial charge in [-0.25, -0.2) is 9.59 Å². The lowest BCUT2D eigenvalue weighted by Gasteiger charge is -2.39. The number of aliphatic hydroxyl groups excluding tert-OH is 1. The molecule has 1 fully saturated rings. The van der Waals surface area contributed by atoms with E-state index in [4.69, 9.17) is 4.74 Å². The summed E-state index contributed by atoms with van der Waals surface area (Å²) in [5.74, 6) is -1.18. The molecule has 2 aromatic heterocycles. The average Bonchev–Trinajstić information content (AvgIpc) is 3.54. The Balaban J connectivity index is 1.41. The smallest absolute Gasteiger partial charge is 0.406 e. The zero-order valence-electron chi connectivity index (χ0n) is 36.8. The van der Waals surface area contributed by atoms with Crippen LogP contribution in [0.15, 0.2) is 91.1 Å². The van der Waals surface area contributed by atoms with Crippen molar-refractivity contribution in [2.75, 3.05) is 20.2 Å². The Morgan fingerprint density at radius 2 is 1.61 bits per heavy atom. The number of carbonyl (C=O) groups excluding carboxylic acids is 4. The summed E-state index contributed by atoms with van der Waals surface area (Å²) in [7, 11) is 1.29. The predicted octanol–water partition coefficient (Wildman–Crippen LogP) is 6.29. The van der Waals surface area contributed by atoms with Gasteiger partial charge in [0.25, 0.3) is 0 Å². The van der Waals surface area contributed by atoms with E-state index in [9.17, 15) is 24.3 Å². The van der Waals surface area contributed by atoms with Crippen molar-refractivity contribution in [3.05, 3.63) is 119 Å². The Labute approximate surface area is 360 Å². The fourth-order valence-electron chi connectivity index (χ4n) is 8.02. The Bertz CT molecular complexity index is 2090. The van der Waals surface area contributed by atoms with Crippen molar-refractivity contribution >= 4 is 23.9 Å². The first-order valence-corrected chi connectivity index (χ1v) is 21.0. The molecule has 4 aromatic rings. The van der Waals surface area contributed by atoms with Gasteiger partial charge in [0.2, 0.25) is 11.8 Å². The molecule has 13 nitrogen and oxygen atoms in total. The molecule has 5 amide bonds. The van der Waals surface area contributed by atoms with Gasteiger partial charge >= 0.3 is 12.1 Å². The first-order valence-electron chi connectivity index (χ1n) is 21.0. The number of hydrogen-bond acceptors (Lipinski definition) is 8. The van der Waals surface area contributed by atoms with Crippen molar-refractivity contribution in [1.82, 2.24) is 36.1 Å². The van der Waals surface area contributed by atoms with Crippen LogP contribution < -0.4 is 21.3 Å². The number of ether oxygens (including phenoxy) is 1. The second kappa shape index (κ2) is 20.6. The standard InChI is InChI=1S/C48H63N7O6/c1-31-17-22-38(49-27-31)35-20-18-34(19-21-35)23-37(53-42(57)26-48(6,7)30-51-46(60)61-8)25-41(56)39(24-33-14-10-9-11-15-33)54-44(58)43(47(3,4)5)40-28-50-45(59)55(40)29-36-16-12-13-32(2)52-36/h9-22,27,37,39-41,43,56H,23-26,28-30H2,1-8H3,(H,50,59)(H,51,60)(H,53,57)(H,54,58).